The zero-order valence-electron chi connectivity index (χ0n) is 27.8. The highest BCUT2D eigenvalue weighted by molar-refractivity contribution is 6.21. The normalized spacial score (nSPS) is 24.5. The first kappa shape index (κ1) is 30.8. The SMILES string of the molecule is CC(C)=CCC/C(C)=C/CN(CCN(C(=O)C1=CCc2ccccc21)C1C2CC3CC(C2)CC1C3)C(=O)c1c[nH]c2ccccc12. The fourth-order valence-electron chi connectivity index (χ4n) is 9.31. The lowest BCUT2D eigenvalue weighted by molar-refractivity contribution is -0.137. The van der Waals surface area contributed by atoms with Gasteiger partial charge in [0.05, 0.1) is 5.56 Å². The maximum atomic E-state index is 14.7. The molecule has 2 aromatic carbocycles. The topological polar surface area (TPSA) is 56.4 Å². The molecule has 5 aliphatic rings. The maximum Gasteiger partial charge on any atom is 0.256 e. The Kier molecular flexibility index (Phi) is 8.76. The fraction of sp³-hybridized carbons (Fsp3) is 0.463. The summed E-state index contributed by atoms with van der Waals surface area (Å²) in [6.07, 6.45) is 17.7. The molecule has 5 aliphatic carbocycles. The molecule has 0 saturated heterocycles. The van der Waals surface area contributed by atoms with Gasteiger partial charge in [-0.15, -0.1) is 0 Å². The van der Waals surface area contributed by atoms with Gasteiger partial charge >= 0.3 is 0 Å². The zero-order chi connectivity index (χ0) is 31.8. The number of H-pyrrole nitrogens is 1. The third kappa shape index (κ3) is 6.13. The molecule has 0 unspecified atom stereocenters. The molecule has 240 valence electrons. The molecule has 8 rings (SSSR count). The Hall–Kier alpha value is -3.86. The van der Waals surface area contributed by atoms with Crippen molar-refractivity contribution in [3.8, 4) is 0 Å². The average molecular weight is 616 g/mol. The third-order valence-electron chi connectivity index (χ3n) is 11.3. The van der Waals surface area contributed by atoms with Crippen molar-refractivity contribution in [3.63, 3.8) is 0 Å². The van der Waals surface area contributed by atoms with Crippen LogP contribution in [0.25, 0.3) is 16.5 Å². The molecule has 1 heterocycles. The van der Waals surface area contributed by atoms with E-state index in [0.29, 0.717) is 37.0 Å². The van der Waals surface area contributed by atoms with Crippen LogP contribution >= 0.6 is 0 Å². The van der Waals surface area contributed by atoms with E-state index in [9.17, 15) is 9.59 Å². The molecule has 0 spiro atoms. The Morgan fingerprint density at radius 1 is 0.848 bits per heavy atom. The highest BCUT2D eigenvalue weighted by Gasteiger charge is 2.51. The van der Waals surface area contributed by atoms with Crippen LogP contribution in [0.3, 0.4) is 0 Å². The lowest BCUT2D eigenvalue weighted by Crippen LogP contribution is -2.58. The Bertz CT molecular complexity index is 1670. The van der Waals surface area contributed by atoms with Gasteiger partial charge in [-0.25, -0.2) is 0 Å². The summed E-state index contributed by atoms with van der Waals surface area (Å²) < 4.78 is 0. The van der Waals surface area contributed by atoms with Crippen molar-refractivity contribution in [2.24, 2.45) is 23.7 Å². The molecular formula is C41H49N3O2. The molecule has 0 atom stereocenters. The van der Waals surface area contributed by atoms with Gasteiger partial charge < -0.3 is 14.8 Å². The van der Waals surface area contributed by atoms with Crippen LogP contribution in [0.2, 0.25) is 0 Å². The van der Waals surface area contributed by atoms with Gasteiger partial charge in [-0.2, -0.15) is 0 Å². The van der Waals surface area contributed by atoms with Gasteiger partial charge in [-0.1, -0.05) is 71.8 Å². The van der Waals surface area contributed by atoms with E-state index >= 15 is 0 Å². The van der Waals surface area contributed by atoms with Crippen molar-refractivity contribution < 1.29 is 9.59 Å². The van der Waals surface area contributed by atoms with Gasteiger partial charge in [0.1, 0.15) is 0 Å². The number of carbonyl (C=O) groups excluding carboxylic acids is 2. The van der Waals surface area contributed by atoms with E-state index < -0.39 is 0 Å². The minimum atomic E-state index is 0.0220. The molecule has 4 bridgehead atoms. The van der Waals surface area contributed by atoms with E-state index in [1.54, 1.807) is 0 Å². The van der Waals surface area contributed by atoms with Crippen molar-refractivity contribution in [1.29, 1.82) is 0 Å². The number of allylic oxidation sites excluding steroid dienone is 4. The van der Waals surface area contributed by atoms with Crippen molar-refractivity contribution >= 4 is 28.3 Å². The van der Waals surface area contributed by atoms with Crippen LogP contribution in [-0.2, 0) is 11.2 Å². The zero-order valence-corrected chi connectivity index (χ0v) is 27.8. The van der Waals surface area contributed by atoms with Gasteiger partial charge in [-0.3, -0.25) is 9.59 Å². The van der Waals surface area contributed by atoms with Crippen molar-refractivity contribution in [2.45, 2.75) is 78.2 Å². The number of rotatable bonds is 11. The number of nitrogens with one attached hydrogen (secondary N) is 1. The monoisotopic (exact) mass is 615 g/mol. The molecular weight excluding hydrogens is 566 g/mol. The van der Waals surface area contributed by atoms with Crippen molar-refractivity contribution in [1.82, 2.24) is 14.8 Å². The van der Waals surface area contributed by atoms with E-state index in [-0.39, 0.29) is 17.9 Å². The molecule has 0 aliphatic heterocycles. The standard InChI is InChI=1S/C41H49N3O2/c1-27(2)9-8-10-28(3)17-18-43(40(45)37-26-42-38-14-7-6-13-35(37)38)19-20-44(39-32-22-29-21-30(24-32)25-33(39)23-29)41(46)36-16-15-31-11-4-5-12-34(31)36/h4-7,9,11-14,16-17,26,29-30,32-33,39,42H,8,10,15,18-25H2,1-3H3/b28-17+. The second-order valence-corrected chi connectivity index (χ2v) is 14.8. The Labute approximate surface area is 274 Å². The number of nitrogens with zero attached hydrogens (tertiary/aromatic N) is 2. The molecule has 1 aromatic heterocycles. The number of carbonyl (C=O) groups is 2. The van der Waals surface area contributed by atoms with Crippen LogP contribution in [0.1, 0.15) is 87.2 Å². The summed E-state index contributed by atoms with van der Waals surface area (Å²) in [5.74, 6) is 3.01. The van der Waals surface area contributed by atoms with Crippen LogP contribution in [0.5, 0.6) is 0 Å². The first-order valence-corrected chi connectivity index (χ1v) is 17.6. The van der Waals surface area contributed by atoms with Crippen LogP contribution in [0.4, 0.5) is 0 Å². The molecule has 4 fully saturated rings. The predicted molar refractivity (Wildman–Crippen MR) is 187 cm³/mol. The number of benzene rings is 2. The van der Waals surface area contributed by atoms with Gasteiger partial charge in [0.2, 0.25) is 0 Å². The summed E-state index contributed by atoms with van der Waals surface area (Å²) in [4.78, 5) is 36.5. The number of aromatic amines is 1. The molecule has 2 amide bonds. The first-order valence-electron chi connectivity index (χ1n) is 17.6. The van der Waals surface area contributed by atoms with E-state index in [2.05, 4.69) is 67.1 Å². The third-order valence-corrected chi connectivity index (χ3v) is 11.3. The van der Waals surface area contributed by atoms with Gasteiger partial charge in [-0.05, 0) is 113 Å². The summed E-state index contributed by atoms with van der Waals surface area (Å²) in [5.41, 5.74) is 7.47. The van der Waals surface area contributed by atoms with Gasteiger partial charge in [0.15, 0.2) is 0 Å². The number of aromatic nitrogens is 1. The molecule has 5 heteroatoms. The average Bonchev–Trinajstić information content (AvgIpc) is 3.67. The largest absolute Gasteiger partial charge is 0.360 e. The number of hydrogen-bond acceptors (Lipinski definition) is 2. The Morgan fingerprint density at radius 3 is 2.33 bits per heavy atom. The van der Waals surface area contributed by atoms with Crippen LogP contribution in [0, 0.1) is 23.7 Å². The number of fused-ring (bicyclic) bond motifs is 2. The molecule has 1 N–H and O–H groups in total. The van der Waals surface area contributed by atoms with Gasteiger partial charge in [0.25, 0.3) is 11.8 Å². The van der Waals surface area contributed by atoms with Crippen molar-refractivity contribution in [2.75, 3.05) is 19.6 Å². The fourth-order valence-corrected chi connectivity index (χ4v) is 9.31. The maximum absolute atomic E-state index is 14.7. The van der Waals surface area contributed by atoms with Gasteiger partial charge in [0, 0.05) is 48.3 Å². The predicted octanol–water partition coefficient (Wildman–Crippen LogP) is 8.60. The molecule has 5 nitrogen and oxygen atoms in total. The van der Waals surface area contributed by atoms with E-state index in [4.69, 9.17) is 0 Å². The number of amides is 2. The van der Waals surface area contributed by atoms with E-state index in [0.717, 1.165) is 53.1 Å². The molecule has 3 aromatic rings. The Morgan fingerprint density at radius 2 is 1.57 bits per heavy atom. The highest BCUT2D eigenvalue weighted by Crippen LogP contribution is 2.55. The second kappa shape index (κ2) is 13.1. The van der Waals surface area contributed by atoms with Crippen LogP contribution in [0.15, 0.2) is 84.1 Å². The minimum Gasteiger partial charge on any atom is -0.360 e. The summed E-state index contributed by atoms with van der Waals surface area (Å²) in [7, 11) is 0. The van der Waals surface area contributed by atoms with Crippen LogP contribution < -0.4 is 0 Å². The second-order valence-electron chi connectivity index (χ2n) is 14.8. The lowest BCUT2D eigenvalue weighted by atomic mass is 9.54. The molecule has 4 saturated carbocycles. The molecule has 0 radical (unpaired) electrons. The molecule has 46 heavy (non-hydrogen) atoms. The minimum absolute atomic E-state index is 0.0220. The van der Waals surface area contributed by atoms with E-state index in [1.807, 2.05) is 41.4 Å². The quantitative estimate of drug-likeness (QED) is 0.220. The highest BCUT2D eigenvalue weighted by atomic mass is 16.2. The first-order chi connectivity index (χ1) is 22.4. The van der Waals surface area contributed by atoms with Crippen molar-refractivity contribution in [3.05, 3.63) is 101 Å². The summed E-state index contributed by atoms with van der Waals surface area (Å²) in [6.45, 7) is 8.05. The van der Waals surface area contributed by atoms with Crippen LogP contribution in [-0.4, -0.2) is 52.3 Å². The lowest BCUT2D eigenvalue weighted by Gasteiger charge is -2.57. The smallest absolute Gasteiger partial charge is 0.256 e. The Balaban J connectivity index is 1.18. The van der Waals surface area contributed by atoms with E-state index in [1.165, 1.54) is 48.8 Å². The summed E-state index contributed by atoms with van der Waals surface area (Å²) >= 11 is 0. The number of para-hydroxylation sites is 1. The summed E-state index contributed by atoms with van der Waals surface area (Å²) in [6, 6.07) is 16.7. The summed E-state index contributed by atoms with van der Waals surface area (Å²) in [5, 5.41) is 0.948. The number of hydrogen-bond donors (Lipinski definition) is 1.